The summed E-state index contributed by atoms with van der Waals surface area (Å²) in [5, 5.41) is 11.4. The van der Waals surface area contributed by atoms with Crippen LogP contribution in [0.4, 0.5) is 0 Å². The number of para-hydroxylation sites is 2. The minimum absolute atomic E-state index is 0. The molecule has 0 aliphatic heterocycles. The van der Waals surface area contributed by atoms with E-state index in [4.69, 9.17) is 9.97 Å². The van der Waals surface area contributed by atoms with Crippen LogP contribution in [-0.4, -0.2) is 19.6 Å². The molecule has 9 rings (SSSR count). The Morgan fingerprint density at radius 1 is 0.603 bits per heavy atom. The molecule has 0 bridgehead atoms. The van der Waals surface area contributed by atoms with Crippen molar-refractivity contribution in [3.05, 3.63) is 168 Å². The zero-order chi connectivity index (χ0) is 39.9. The number of rotatable bonds is 5. The van der Waals surface area contributed by atoms with E-state index < -0.39 is 0 Å². The SMILES string of the molecule is CC(C)(C)c1cc(-c2nccc3c2-c2ccccc2C3(C)C)[c-]c(-c2cccc3c2nc(-c2ccccc2O)n3-c2ccc(C(C)(C)C)cc2-c2ccccc2)c1.[Pt]. The third-order valence-corrected chi connectivity index (χ3v) is 11.8. The fourth-order valence-corrected chi connectivity index (χ4v) is 8.58. The second-order valence-electron chi connectivity index (χ2n) is 18.0. The van der Waals surface area contributed by atoms with Gasteiger partial charge in [-0.1, -0.05) is 151 Å². The summed E-state index contributed by atoms with van der Waals surface area (Å²) in [5.74, 6) is 0.851. The summed E-state index contributed by atoms with van der Waals surface area (Å²) < 4.78 is 2.22. The fraction of sp³-hybridized carbons (Fsp3) is 0.208. The molecule has 2 heterocycles. The van der Waals surface area contributed by atoms with Crippen LogP contribution in [0.2, 0.25) is 0 Å². The molecule has 5 heteroatoms. The van der Waals surface area contributed by atoms with Crippen molar-refractivity contribution in [1.82, 2.24) is 14.5 Å². The molecule has 6 aromatic carbocycles. The number of imidazole rings is 1. The zero-order valence-electron chi connectivity index (χ0n) is 34.4. The third-order valence-electron chi connectivity index (χ3n) is 11.8. The standard InChI is InChI=1S/C53H48N3O.Pt/c1-51(2,3)36-25-26-44(41(32-36)33-17-10-9-11-18-33)56-45-23-16-21-38(49(45)55-50(56)40-20-13-15-24-46(40)57)34-29-35(31-37(30-34)52(4,5)6)48-47-39-19-12-14-22-42(39)53(7,8)43(47)27-28-54-48;/h9-28,30-32,57H,1-8H3;/q-1;. The predicted octanol–water partition coefficient (Wildman–Crippen LogP) is 13.5. The average Bonchev–Trinajstić information content (AvgIpc) is 3.70. The van der Waals surface area contributed by atoms with E-state index in [1.54, 1.807) is 6.07 Å². The topological polar surface area (TPSA) is 50.9 Å². The molecule has 58 heavy (non-hydrogen) atoms. The maximum Gasteiger partial charge on any atom is 0.148 e. The third kappa shape index (κ3) is 6.52. The summed E-state index contributed by atoms with van der Waals surface area (Å²) >= 11 is 0. The van der Waals surface area contributed by atoms with Crippen molar-refractivity contribution in [2.45, 2.75) is 71.6 Å². The van der Waals surface area contributed by atoms with Crippen LogP contribution in [0.15, 0.2) is 140 Å². The van der Waals surface area contributed by atoms with Gasteiger partial charge in [0.05, 0.1) is 22.3 Å². The molecule has 1 aliphatic rings. The van der Waals surface area contributed by atoms with Gasteiger partial charge in [0.1, 0.15) is 11.6 Å². The summed E-state index contributed by atoms with van der Waals surface area (Å²) in [6, 6.07) is 50.6. The molecular formula is C53H48N3OPt-. The minimum atomic E-state index is -0.151. The van der Waals surface area contributed by atoms with Crippen LogP contribution < -0.4 is 0 Å². The van der Waals surface area contributed by atoms with Gasteiger partial charge in [-0.15, -0.1) is 29.3 Å². The Balaban J connectivity index is 0.00000469. The average molecular weight is 938 g/mol. The largest absolute Gasteiger partial charge is 0.507 e. The molecule has 0 radical (unpaired) electrons. The summed E-state index contributed by atoms with van der Waals surface area (Å²) in [7, 11) is 0. The maximum absolute atomic E-state index is 11.4. The first kappa shape index (κ1) is 39.3. The van der Waals surface area contributed by atoms with Crippen LogP contribution in [0.1, 0.15) is 77.6 Å². The van der Waals surface area contributed by atoms with Gasteiger partial charge in [0.15, 0.2) is 0 Å². The van der Waals surface area contributed by atoms with E-state index in [2.05, 4.69) is 175 Å². The van der Waals surface area contributed by atoms with Gasteiger partial charge in [0.25, 0.3) is 0 Å². The number of aromatic hydroxyl groups is 1. The molecule has 0 fully saturated rings. The van der Waals surface area contributed by atoms with Gasteiger partial charge in [-0.05, 0) is 80.6 Å². The van der Waals surface area contributed by atoms with Crippen LogP contribution >= 0.6 is 0 Å². The minimum Gasteiger partial charge on any atom is -0.507 e. The number of aromatic nitrogens is 3. The second-order valence-corrected chi connectivity index (χ2v) is 18.0. The van der Waals surface area contributed by atoms with Crippen molar-refractivity contribution in [2.24, 2.45) is 0 Å². The van der Waals surface area contributed by atoms with E-state index in [0.717, 1.165) is 50.2 Å². The van der Waals surface area contributed by atoms with E-state index in [1.807, 2.05) is 24.4 Å². The van der Waals surface area contributed by atoms with Crippen LogP contribution in [0, 0.1) is 6.07 Å². The Hall–Kier alpha value is -5.57. The van der Waals surface area contributed by atoms with Gasteiger partial charge in [-0.2, -0.15) is 0 Å². The monoisotopic (exact) mass is 937 g/mol. The Bertz CT molecular complexity index is 2850. The van der Waals surface area contributed by atoms with Crippen molar-refractivity contribution in [2.75, 3.05) is 0 Å². The number of phenols is 1. The van der Waals surface area contributed by atoms with Crippen LogP contribution in [0.25, 0.3) is 72.7 Å². The number of hydrogen-bond acceptors (Lipinski definition) is 3. The van der Waals surface area contributed by atoms with E-state index in [-0.39, 0.29) is 43.1 Å². The Morgan fingerprint density at radius 3 is 1.98 bits per heavy atom. The number of benzene rings is 6. The van der Waals surface area contributed by atoms with Gasteiger partial charge in [0.2, 0.25) is 0 Å². The van der Waals surface area contributed by atoms with Gasteiger partial charge < -0.3 is 5.11 Å². The predicted molar refractivity (Wildman–Crippen MR) is 236 cm³/mol. The maximum atomic E-state index is 11.4. The number of phenolic OH excluding ortho intramolecular Hbond substituents is 1. The molecule has 0 amide bonds. The van der Waals surface area contributed by atoms with Gasteiger partial charge in [0, 0.05) is 43.9 Å². The molecule has 0 spiro atoms. The number of hydrogen-bond donors (Lipinski definition) is 1. The Morgan fingerprint density at radius 2 is 1.26 bits per heavy atom. The molecule has 2 aromatic heterocycles. The van der Waals surface area contributed by atoms with E-state index in [1.165, 1.54) is 33.4 Å². The molecule has 1 N–H and O–H groups in total. The van der Waals surface area contributed by atoms with Crippen molar-refractivity contribution in [1.29, 1.82) is 0 Å². The summed E-state index contributed by atoms with van der Waals surface area (Å²) in [6.45, 7) is 18.1. The first-order valence-electron chi connectivity index (χ1n) is 19.9. The fourth-order valence-electron chi connectivity index (χ4n) is 8.58. The summed E-state index contributed by atoms with van der Waals surface area (Å²) in [6.07, 6.45) is 1.95. The molecule has 8 aromatic rings. The van der Waals surface area contributed by atoms with Crippen molar-refractivity contribution < 1.29 is 26.2 Å². The van der Waals surface area contributed by atoms with E-state index in [0.29, 0.717) is 11.4 Å². The zero-order valence-corrected chi connectivity index (χ0v) is 36.7. The molecule has 4 nitrogen and oxygen atoms in total. The normalized spacial score (nSPS) is 13.2. The number of pyridine rings is 1. The first-order chi connectivity index (χ1) is 27.2. The molecular weight excluding hydrogens is 890 g/mol. The van der Waals surface area contributed by atoms with Crippen LogP contribution in [-0.2, 0) is 37.3 Å². The quantitative estimate of drug-likeness (QED) is 0.175. The van der Waals surface area contributed by atoms with Crippen molar-refractivity contribution >= 4 is 11.0 Å². The molecule has 1 aliphatic carbocycles. The second kappa shape index (κ2) is 14.4. The van der Waals surface area contributed by atoms with Crippen LogP contribution in [0.3, 0.4) is 0 Å². The molecule has 0 atom stereocenters. The Kier molecular flexibility index (Phi) is 9.72. The molecule has 0 unspecified atom stereocenters. The van der Waals surface area contributed by atoms with E-state index >= 15 is 0 Å². The smallest absolute Gasteiger partial charge is 0.148 e. The van der Waals surface area contributed by atoms with Crippen molar-refractivity contribution in [3.8, 4) is 67.5 Å². The van der Waals surface area contributed by atoms with Crippen molar-refractivity contribution in [3.63, 3.8) is 0 Å². The van der Waals surface area contributed by atoms with Crippen LogP contribution in [0.5, 0.6) is 5.75 Å². The van der Waals surface area contributed by atoms with Gasteiger partial charge in [-0.25, -0.2) is 4.98 Å². The van der Waals surface area contributed by atoms with Gasteiger partial charge in [-0.3, -0.25) is 9.55 Å². The number of nitrogens with zero attached hydrogens (tertiary/aromatic N) is 3. The molecule has 0 saturated heterocycles. The van der Waals surface area contributed by atoms with E-state index in [9.17, 15) is 5.11 Å². The molecule has 292 valence electrons. The summed E-state index contributed by atoms with van der Waals surface area (Å²) in [4.78, 5) is 10.6. The number of fused-ring (bicyclic) bond motifs is 4. The molecule has 0 saturated carbocycles. The summed E-state index contributed by atoms with van der Waals surface area (Å²) in [5.41, 5.74) is 16.6. The Labute approximate surface area is 357 Å². The van der Waals surface area contributed by atoms with Gasteiger partial charge >= 0.3 is 0 Å². The first-order valence-corrected chi connectivity index (χ1v) is 19.9.